The molecule has 0 radical (unpaired) electrons. The van der Waals surface area contributed by atoms with Gasteiger partial charge in [0.15, 0.2) is 0 Å². The Morgan fingerprint density at radius 1 is 1.44 bits per heavy atom. The predicted molar refractivity (Wildman–Crippen MR) is 65.1 cm³/mol. The molecule has 1 unspecified atom stereocenters. The molecular weight excluding hydrogens is 200 g/mol. The van der Waals surface area contributed by atoms with Crippen LogP contribution in [-0.4, -0.2) is 11.6 Å². The van der Waals surface area contributed by atoms with Crippen LogP contribution in [0.15, 0.2) is 12.2 Å². The Bertz CT molecular complexity index is 293. The highest BCUT2D eigenvalue weighted by atomic mass is 16.1. The maximum absolute atomic E-state index is 12.0. The number of hydrogen-bond acceptors (Lipinski definition) is 2. The van der Waals surface area contributed by atoms with E-state index >= 15 is 0 Å². The van der Waals surface area contributed by atoms with Crippen LogP contribution in [0.1, 0.15) is 47.0 Å². The molecule has 0 aliphatic heterocycles. The molecule has 0 saturated heterocycles. The number of rotatable bonds is 3. The van der Waals surface area contributed by atoms with Crippen LogP contribution in [0.2, 0.25) is 0 Å². The van der Waals surface area contributed by atoms with Crippen molar-refractivity contribution in [3.05, 3.63) is 12.2 Å². The number of allylic oxidation sites excluding steroid dienone is 1. The van der Waals surface area contributed by atoms with Crippen LogP contribution in [0.25, 0.3) is 0 Å². The summed E-state index contributed by atoms with van der Waals surface area (Å²) in [7, 11) is 0. The fraction of sp³-hybridized carbons (Fsp3) is 0.714. The van der Waals surface area contributed by atoms with E-state index in [1.807, 2.05) is 13.8 Å². The van der Waals surface area contributed by atoms with E-state index in [1.165, 1.54) is 0 Å². The normalized spacial score (nSPS) is 24.9. The predicted octanol–water partition coefficient (Wildman–Crippen LogP) is 3.16. The van der Waals surface area contributed by atoms with E-state index in [2.05, 4.69) is 20.4 Å². The second-order valence-corrected chi connectivity index (χ2v) is 6.14. The van der Waals surface area contributed by atoms with Gasteiger partial charge >= 0.3 is 0 Å². The minimum atomic E-state index is -0.518. The Morgan fingerprint density at radius 2 is 2.00 bits per heavy atom. The van der Waals surface area contributed by atoms with Crippen molar-refractivity contribution < 1.29 is 9.59 Å². The summed E-state index contributed by atoms with van der Waals surface area (Å²) in [5.74, 6) is -0.0918. The van der Waals surface area contributed by atoms with Gasteiger partial charge < -0.3 is 0 Å². The van der Waals surface area contributed by atoms with E-state index in [0.717, 1.165) is 12.0 Å². The first-order valence-electron chi connectivity index (χ1n) is 5.96. The minimum Gasteiger partial charge on any atom is -0.299 e. The molecule has 0 heterocycles. The van der Waals surface area contributed by atoms with E-state index in [9.17, 15) is 9.59 Å². The van der Waals surface area contributed by atoms with Crippen molar-refractivity contribution in [1.82, 2.24) is 0 Å². The van der Waals surface area contributed by atoms with Crippen molar-refractivity contribution in [2.45, 2.75) is 47.0 Å². The average molecular weight is 222 g/mol. The lowest BCUT2D eigenvalue weighted by Gasteiger charge is -2.34. The monoisotopic (exact) mass is 222 g/mol. The number of hydrogen-bond donors (Lipinski definition) is 0. The molecule has 90 valence electrons. The van der Waals surface area contributed by atoms with Gasteiger partial charge in [0.1, 0.15) is 11.6 Å². The van der Waals surface area contributed by atoms with E-state index in [1.54, 1.807) is 0 Å². The van der Waals surface area contributed by atoms with Crippen LogP contribution < -0.4 is 0 Å². The molecule has 2 nitrogen and oxygen atoms in total. The Kier molecular flexibility index (Phi) is 3.72. The lowest BCUT2D eigenvalue weighted by atomic mass is 9.68. The van der Waals surface area contributed by atoms with Gasteiger partial charge in [0.05, 0.1) is 5.92 Å². The van der Waals surface area contributed by atoms with Crippen molar-refractivity contribution >= 4 is 11.6 Å². The van der Waals surface area contributed by atoms with Crippen molar-refractivity contribution in [2.24, 2.45) is 17.3 Å². The highest BCUT2D eigenvalue weighted by molar-refractivity contribution is 6.06. The maximum atomic E-state index is 12.0. The molecule has 0 aromatic carbocycles. The molecule has 1 atom stereocenters. The Morgan fingerprint density at radius 3 is 2.44 bits per heavy atom. The van der Waals surface area contributed by atoms with Gasteiger partial charge in [0.25, 0.3) is 0 Å². The van der Waals surface area contributed by atoms with Gasteiger partial charge in [-0.2, -0.15) is 0 Å². The molecular formula is C14H22O2. The summed E-state index contributed by atoms with van der Waals surface area (Å²) < 4.78 is 0. The third kappa shape index (κ3) is 3.03. The molecule has 0 aromatic rings. The third-order valence-electron chi connectivity index (χ3n) is 3.02. The SMILES string of the molecule is C=C1CC(C)(C)CC(=O)C1C(=O)CC(C)C. The minimum absolute atomic E-state index is 0.0250. The van der Waals surface area contributed by atoms with Gasteiger partial charge in [0.2, 0.25) is 0 Å². The molecule has 0 spiro atoms. The highest BCUT2D eigenvalue weighted by Crippen LogP contribution is 2.39. The van der Waals surface area contributed by atoms with Crippen LogP contribution in [0.3, 0.4) is 0 Å². The Labute approximate surface area is 98.1 Å². The van der Waals surface area contributed by atoms with Gasteiger partial charge in [-0.1, -0.05) is 39.8 Å². The number of carbonyl (C=O) groups excluding carboxylic acids is 2. The first-order chi connectivity index (χ1) is 7.23. The number of carbonyl (C=O) groups is 2. The van der Waals surface area contributed by atoms with Crippen LogP contribution in [0.4, 0.5) is 0 Å². The molecule has 0 aromatic heterocycles. The molecule has 1 fully saturated rings. The smallest absolute Gasteiger partial charge is 0.147 e. The summed E-state index contributed by atoms with van der Waals surface area (Å²) >= 11 is 0. The first-order valence-corrected chi connectivity index (χ1v) is 5.96. The summed E-state index contributed by atoms with van der Waals surface area (Å²) in [5.41, 5.74) is 0.787. The second kappa shape index (κ2) is 4.52. The van der Waals surface area contributed by atoms with Gasteiger partial charge in [-0.05, 0) is 17.8 Å². The highest BCUT2D eigenvalue weighted by Gasteiger charge is 2.39. The van der Waals surface area contributed by atoms with E-state index in [-0.39, 0.29) is 17.0 Å². The average Bonchev–Trinajstić information content (AvgIpc) is 1.96. The van der Waals surface area contributed by atoms with E-state index in [4.69, 9.17) is 0 Å². The molecule has 2 heteroatoms. The van der Waals surface area contributed by atoms with Crippen LogP contribution in [0, 0.1) is 17.3 Å². The fourth-order valence-electron chi connectivity index (χ4n) is 2.51. The standard InChI is InChI=1S/C14H22O2/c1-9(2)6-11(15)13-10(3)7-14(4,5)8-12(13)16/h9,13H,3,6-8H2,1-2,4-5H3. The van der Waals surface area contributed by atoms with Gasteiger partial charge in [-0.25, -0.2) is 0 Å². The zero-order valence-corrected chi connectivity index (χ0v) is 10.8. The fourth-order valence-corrected chi connectivity index (χ4v) is 2.51. The zero-order valence-electron chi connectivity index (χ0n) is 10.8. The summed E-state index contributed by atoms with van der Waals surface area (Å²) in [6.45, 7) is 12.0. The van der Waals surface area contributed by atoms with Gasteiger partial charge in [0, 0.05) is 12.8 Å². The molecule has 1 rings (SSSR count). The molecule has 1 aliphatic rings. The topological polar surface area (TPSA) is 34.1 Å². The van der Waals surface area contributed by atoms with Crippen molar-refractivity contribution in [3.8, 4) is 0 Å². The van der Waals surface area contributed by atoms with Gasteiger partial charge in [-0.15, -0.1) is 0 Å². The summed E-state index contributed by atoms with van der Waals surface area (Å²) in [5, 5.41) is 0. The van der Waals surface area contributed by atoms with Crippen molar-refractivity contribution in [3.63, 3.8) is 0 Å². The molecule has 1 saturated carbocycles. The lowest BCUT2D eigenvalue weighted by molar-refractivity contribution is -0.134. The number of ketones is 2. The first kappa shape index (κ1) is 13.1. The van der Waals surface area contributed by atoms with Crippen LogP contribution in [-0.2, 0) is 9.59 Å². The summed E-state index contributed by atoms with van der Waals surface area (Å²) in [6.07, 6.45) is 1.77. The Hall–Kier alpha value is -0.920. The summed E-state index contributed by atoms with van der Waals surface area (Å²) in [4.78, 5) is 23.9. The van der Waals surface area contributed by atoms with E-state index in [0.29, 0.717) is 18.8 Å². The molecule has 0 amide bonds. The van der Waals surface area contributed by atoms with E-state index < -0.39 is 5.92 Å². The van der Waals surface area contributed by atoms with Crippen molar-refractivity contribution in [2.75, 3.05) is 0 Å². The maximum Gasteiger partial charge on any atom is 0.147 e. The Balaban J connectivity index is 2.79. The van der Waals surface area contributed by atoms with Crippen LogP contribution >= 0.6 is 0 Å². The van der Waals surface area contributed by atoms with Gasteiger partial charge in [-0.3, -0.25) is 9.59 Å². The van der Waals surface area contributed by atoms with Crippen LogP contribution in [0.5, 0.6) is 0 Å². The molecule has 0 N–H and O–H groups in total. The lowest BCUT2D eigenvalue weighted by Crippen LogP contribution is -2.36. The molecule has 16 heavy (non-hydrogen) atoms. The second-order valence-electron chi connectivity index (χ2n) is 6.14. The third-order valence-corrected chi connectivity index (χ3v) is 3.02. The quantitative estimate of drug-likeness (QED) is 0.543. The molecule has 0 bridgehead atoms. The largest absolute Gasteiger partial charge is 0.299 e. The zero-order chi connectivity index (χ0) is 12.5. The summed E-state index contributed by atoms with van der Waals surface area (Å²) in [6, 6.07) is 0. The number of Topliss-reactive ketones (excluding diaryl/α,β-unsaturated/α-hetero) is 2. The molecule has 1 aliphatic carbocycles. The van der Waals surface area contributed by atoms with Crippen molar-refractivity contribution in [1.29, 1.82) is 0 Å².